The molecule has 0 atom stereocenters. The molecule has 0 fully saturated rings. The van der Waals surface area contributed by atoms with Gasteiger partial charge in [-0.25, -0.2) is 0 Å². The minimum absolute atomic E-state index is 0.0372. The van der Waals surface area contributed by atoms with Crippen LogP contribution in [0.5, 0.6) is 28.7 Å². The third-order valence-corrected chi connectivity index (χ3v) is 3.58. The Morgan fingerprint density at radius 1 is 1.17 bits per heavy atom. The highest BCUT2D eigenvalue weighted by atomic mass is 16.5. The Hall–Kier alpha value is -3.15. The molecule has 2 N–H and O–H groups in total. The summed E-state index contributed by atoms with van der Waals surface area (Å²) in [5.74, 6) is -0.00132. The van der Waals surface area contributed by atoms with Gasteiger partial charge in [-0.1, -0.05) is 6.07 Å². The fraction of sp³-hybridized carbons (Fsp3) is 0.167. The molecule has 0 spiro atoms. The van der Waals surface area contributed by atoms with E-state index in [1.807, 2.05) is 6.92 Å². The zero-order valence-corrected chi connectivity index (χ0v) is 13.2. The smallest absolute Gasteiger partial charge is 0.232 e. The van der Waals surface area contributed by atoms with E-state index in [1.165, 1.54) is 12.1 Å². The highest BCUT2D eigenvalue weighted by Crippen LogP contribution is 2.44. The standard InChI is InChI=1S/C18H16O6/c1-3-23-14-8-10(4-7-13(14)22-2)9-15-16(20)11-5-6-12(19)17(21)18(11)24-15/h4-9,19,21H,3H2,1-2H3. The molecule has 1 aliphatic heterocycles. The molecule has 0 amide bonds. The second-order valence-corrected chi connectivity index (χ2v) is 5.09. The van der Waals surface area contributed by atoms with Crippen molar-refractivity contribution >= 4 is 11.9 Å². The lowest BCUT2D eigenvalue weighted by atomic mass is 10.1. The number of methoxy groups -OCH3 is 1. The van der Waals surface area contributed by atoms with Crippen LogP contribution in [0.15, 0.2) is 36.1 Å². The maximum absolute atomic E-state index is 12.4. The molecule has 3 rings (SSSR count). The quantitative estimate of drug-likeness (QED) is 0.662. The van der Waals surface area contributed by atoms with E-state index in [-0.39, 0.29) is 28.6 Å². The molecule has 0 unspecified atom stereocenters. The second-order valence-electron chi connectivity index (χ2n) is 5.09. The van der Waals surface area contributed by atoms with E-state index in [0.717, 1.165) is 0 Å². The van der Waals surface area contributed by atoms with Crippen LogP contribution in [0.3, 0.4) is 0 Å². The van der Waals surface area contributed by atoms with Crippen LogP contribution in [-0.2, 0) is 0 Å². The van der Waals surface area contributed by atoms with Gasteiger partial charge in [0.25, 0.3) is 0 Å². The Labute approximate surface area is 138 Å². The molecule has 124 valence electrons. The Bertz CT molecular complexity index is 838. The van der Waals surface area contributed by atoms with Crippen molar-refractivity contribution in [3.8, 4) is 28.7 Å². The summed E-state index contributed by atoms with van der Waals surface area (Å²) in [6.07, 6.45) is 1.54. The van der Waals surface area contributed by atoms with Gasteiger partial charge in [-0.3, -0.25) is 4.79 Å². The summed E-state index contributed by atoms with van der Waals surface area (Å²) in [6.45, 7) is 2.34. The van der Waals surface area contributed by atoms with Gasteiger partial charge in [0.15, 0.2) is 28.8 Å². The Kier molecular flexibility index (Phi) is 4.04. The zero-order valence-electron chi connectivity index (χ0n) is 13.2. The molecule has 2 aromatic rings. The number of carbonyl (C=O) groups excluding carboxylic acids is 1. The lowest BCUT2D eigenvalue weighted by Crippen LogP contribution is -1.99. The first-order chi connectivity index (χ1) is 11.5. The average molecular weight is 328 g/mol. The van der Waals surface area contributed by atoms with Gasteiger partial charge >= 0.3 is 0 Å². The van der Waals surface area contributed by atoms with Crippen molar-refractivity contribution < 1.29 is 29.2 Å². The fourth-order valence-corrected chi connectivity index (χ4v) is 2.43. The lowest BCUT2D eigenvalue weighted by Gasteiger charge is -2.09. The summed E-state index contributed by atoms with van der Waals surface area (Å²) in [6, 6.07) is 7.87. The van der Waals surface area contributed by atoms with Crippen molar-refractivity contribution in [2.24, 2.45) is 0 Å². The van der Waals surface area contributed by atoms with Crippen LogP contribution < -0.4 is 14.2 Å². The van der Waals surface area contributed by atoms with E-state index in [0.29, 0.717) is 23.7 Å². The molecular weight excluding hydrogens is 312 g/mol. The normalized spacial score (nSPS) is 14.4. The van der Waals surface area contributed by atoms with Crippen LogP contribution in [0, 0.1) is 0 Å². The van der Waals surface area contributed by atoms with Gasteiger partial charge in [-0.2, -0.15) is 0 Å². The molecule has 2 aromatic carbocycles. The minimum Gasteiger partial charge on any atom is -0.504 e. The van der Waals surface area contributed by atoms with Crippen LogP contribution in [0.2, 0.25) is 0 Å². The number of hydrogen-bond acceptors (Lipinski definition) is 6. The van der Waals surface area contributed by atoms with Gasteiger partial charge in [-0.05, 0) is 42.8 Å². The molecule has 0 aliphatic carbocycles. The maximum atomic E-state index is 12.4. The van der Waals surface area contributed by atoms with Gasteiger partial charge < -0.3 is 24.4 Å². The topological polar surface area (TPSA) is 85.2 Å². The largest absolute Gasteiger partial charge is 0.504 e. The Balaban J connectivity index is 1.97. The van der Waals surface area contributed by atoms with Crippen LogP contribution in [0.25, 0.3) is 6.08 Å². The summed E-state index contributed by atoms with van der Waals surface area (Å²) in [4.78, 5) is 12.4. The number of phenols is 2. The van der Waals surface area contributed by atoms with Gasteiger partial charge in [0.05, 0.1) is 19.3 Å². The number of allylic oxidation sites excluding steroid dienone is 1. The molecule has 1 heterocycles. The van der Waals surface area contributed by atoms with Crippen molar-refractivity contribution in [1.82, 2.24) is 0 Å². The molecule has 6 heteroatoms. The van der Waals surface area contributed by atoms with Gasteiger partial charge in [0.1, 0.15) is 0 Å². The number of rotatable bonds is 4. The number of aromatic hydroxyl groups is 2. The summed E-state index contributed by atoms with van der Waals surface area (Å²) in [5.41, 5.74) is 0.884. The van der Waals surface area contributed by atoms with Crippen molar-refractivity contribution in [3.05, 3.63) is 47.2 Å². The molecule has 0 aromatic heterocycles. The number of hydrogen-bond donors (Lipinski definition) is 2. The van der Waals surface area contributed by atoms with Crippen molar-refractivity contribution in [3.63, 3.8) is 0 Å². The molecule has 0 saturated heterocycles. The number of ketones is 1. The van der Waals surface area contributed by atoms with E-state index < -0.39 is 5.75 Å². The van der Waals surface area contributed by atoms with Crippen LogP contribution in [0.4, 0.5) is 0 Å². The molecule has 0 bridgehead atoms. The Morgan fingerprint density at radius 3 is 2.67 bits per heavy atom. The fourth-order valence-electron chi connectivity index (χ4n) is 2.43. The summed E-state index contributed by atoms with van der Waals surface area (Å²) >= 11 is 0. The second kappa shape index (κ2) is 6.16. The predicted octanol–water partition coefficient (Wildman–Crippen LogP) is 3.12. The van der Waals surface area contributed by atoms with E-state index in [9.17, 15) is 15.0 Å². The van der Waals surface area contributed by atoms with Gasteiger partial charge in [0, 0.05) is 0 Å². The molecule has 0 saturated carbocycles. The van der Waals surface area contributed by atoms with E-state index in [1.54, 1.807) is 31.4 Å². The summed E-state index contributed by atoms with van der Waals surface area (Å²) in [7, 11) is 1.55. The van der Waals surface area contributed by atoms with Crippen LogP contribution in [0.1, 0.15) is 22.8 Å². The maximum Gasteiger partial charge on any atom is 0.232 e. The van der Waals surface area contributed by atoms with Gasteiger partial charge in [-0.15, -0.1) is 0 Å². The number of ether oxygens (including phenoxy) is 3. The third-order valence-electron chi connectivity index (χ3n) is 3.58. The van der Waals surface area contributed by atoms with E-state index >= 15 is 0 Å². The van der Waals surface area contributed by atoms with E-state index in [2.05, 4.69) is 0 Å². The predicted molar refractivity (Wildman–Crippen MR) is 86.9 cm³/mol. The number of carbonyl (C=O) groups is 1. The minimum atomic E-state index is -0.450. The third kappa shape index (κ3) is 2.62. The van der Waals surface area contributed by atoms with Crippen molar-refractivity contribution in [2.45, 2.75) is 6.92 Å². The number of Topliss-reactive ketones (excluding diaryl/α,β-unsaturated/α-hetero) is 1. The summed E-state index contributed by atoms with van der Waals surface area (Å²) < 4.78 is 16.1. The molecule has 1 aliphatic rings. The Morgan fingerprint density at radius 2 is 1.96 bits per heavy atom. The van der Waals surface area contributed by atoms with Crippen molar-refractivity contribution in [2.75, 3.05) is 13.7 Å². The van der Waals surface area contributed by atoms with Gasteiger partial charge in [0.2, 0.25) is 11.5 Å². The van der Waals surface area contributed by atoms with Crippen LogP contribution in [-0.4, -0.2) is 29.7 Å². The molecule has 6 nitrogen and oxygen atoms in total. The monoisotopic (exact) mass is 328 g/mol. The highest BCUT2D eigenvalue weighted by molar-refractivity contribution is 6.15. The summed E-state index contributed by atoms with van der Waals surface area (Å²) in [5, 5.41) is 19.3. The number of benzene rings is 2. The molecular formula is C18H16O6. The number of phenolic OH excluding ortho intramolecular Hbond substituents is 2. The van der Waals surface area contributed by atoms with Crippen molar-refractivity contribution in [1.29, 1.82) is 0 Å². The SMILES string of the molecule is CCOc1cc(C=C2Oc3c(ccc(O)c3O)C2=O)ccc1OC. The van der Waals surface area contributed by atoms with E-state index in [4.69, 9.17) is 14.2 Å². The lowest BCUT2D eigenvalue weighted by molar-refractivity contribution is 0.101. The molecule has 24 heavy (non-hydrogen) atoms. The first-order valence-electron chi connectivity index (χ1n) is 7.35. The highest BCUT2D eigenvalue weighted by Gasteiger charge is 2.31. The number of fused-ring (bicyclic) bond motifs is 1. The zero-order chi connectivity index (χ0) is 17.3. The first kappa shape index (κ1) is 15.7. The molecule has 0 radical (unpaired) electrons. The first-order valence-corrected chi connectivity index (χ1v) is 7.35. The average Bonchev–Trinajstić information content (AvgIpc) is 2.89. The van der Waals surface area contributed by atoms with Crippen LogP contribution >= 0.6 is 0 Å².